The number of fused-ring (bicyclic) bond motifs is 1. The van der Waals surface area contributed by atoms with Gasteiger partial charge in [0.2, 0.25) is 5.91 Å². The Balaban J connectivity index is 1.57. The van der Waals surface area contributed by atoms with E-state index >= 15 is 0 Å². The summed E-state index contributed by atoms with van der Waals surface area (Å²) in [5.74, 6) is 0.672. The van der Waals surface area contributed by atoms with Gasteiger partial charge >= 0.3 is 0 Å². The van der Waals surface area contributed by atoms with E-state index in [1.807, 2.05) is 24.3 Å². The molecule has 0 spiro atoms. The fraction of sp³-hybridized carbons (Fsp3) is 0.0526. The van der Waals surface area contributed by atoms with Crippen LogP contribution in [0, 0.1) is 0 Å². The van der Waals surface area contributed by atoms with Gasteiger partial charge in [0, 0.05) is 21.6 Å². The van der Waals surface area contributed by atoms with Crippen molar-refractivity contribution in [1.82, 2.24) is 15.0 Å². The first-order valence-corrected chi connectivity index (χ1v) is 10.7. The molecule has 4 rings (SSSR count). The van der Waals surface area contributed by atoms with Crippen LogP contribution >= 0.6 is 39.0 Å². The molecule has 1 N–H and O–H groups in total. The average Bonchev–Trinajstić information content (AvgIpc) is 3.12. The summed E-state index contributed by atoms with van der Waals surface area (Å²) in [5, 5.41) is 6.66. The number of amides is 1. The van der Waals surface area contributed by atoms with Gasteiger partial charge in [-0.05, 0) is 29.8 Å². The molecule has 0 bridgehead atoms. The van der Waals surface area contributed by atoms with E-state index in [0.29, 0.717) is 5.82 Å². The number of nitrogens with zero attached hydrogens (tertiary/aromatic N) is 3. The zero-order valence-electron chi connectivity index (χ0n) is 13.9. The van der Waals surface area contributed by atoms with Crippen molar-refractivity contribution in [2.45, 2.75) is 5.03 Å². The molecule has 1 aromatic carbocycles. The van der Waals surface area contributed by atoms with Crippen molar-refractivity contribution in [2.24, 2.45) is 0 Å². The molecule has 0 aliphatic carbocycles. The predicted octanol–water partition coefficient (Wildman–Crippen LogP) is 5.25. The average molecular weight is 457 g/mol. The molecule has 134 valence electrons. The quantitative estimate of drug-likeness (QED) is 0.328. The molecular formula is C19H13BrN4OS2. The van der Waals surface area contributed by atoms with Crippen LogP contribution in [0.25, 0.3) is 21.3 Å². The Bertz CT molecular complexity index is 1080. The SMILES string of the molecule is O=C(CSc1ncnc2scc(-c3ccc(Br)cc3)c12)Nc1ccccn1. The molecule has 0 saturated carbocycles. The lowest BCUT2D eigenvalue weighted by Gasteiger charge is -2.06. The largest absolute Gasteiger partial charge is 0.310 e. The van der Waals surface area contributed by atoms with E-state index in [4.69, 9.17) is 0 Å². The summed E-state index contributed by atoms with van der Waals surface area (Å²) in [5.41, 5.74) is 2.18. The maximum Gasteiger partial charge on any atom is 0.235 e. The van der Waals surface area contributed by atoms with Gasteiger partial charge in [0.25, 0.3) is 0 Å². The molecule has 0 unspecified atom stereocenters. The summed E-state index contributed by atoms with van der Waals surface area (Å²) in [7, 11) is 0. The highest BCUT2D eigenvalue weighted by atomic mass is 79.9. The highest BCUT2D eigenvalue weighted by molar-refractivity contribution is 9.10. The van der Waals surface area contributed by atoms with E-state index in [0.717, 1.165) is 30.8 Å². The summed E-state index contributed by atoms with van der Waals surface area (Å²) < 4.78 is 1.03. The van der Waals surface area contributed by atoms with Crippen LogP contribution in [0.1, 0.15) is 0 Å². The molecule has 0 radical (unpaired) electrons. The van der Waals surface area contributed by atoms with Gasteiger partial charge in [-0.15, -0.1) is 11.3 Å². The van der Waals surface area contributed by atoms with Crippen molar-refractivity contribution in [3.8, 4) is 11.1 Å². The van der Waals surface area contributed by atoms with Crippen molar-refractivity contribution in [3.05, 3.63) is 64.8 Å². The Morgan fingerprint density at radius 2 is 1.96 bits per heavy atom. The van der Waals surface area contributed by atoms with E-state index in [1.54, 1.807) is 29.9 Å². The molecule has 4 aromatic rings. The van der Waals surface area contributed by atoms with Crippen LogP contribution in [-0.4, -0.2) is 26.6 Å². The molecule has 0 aliphatic heterocycles. The molecule has 0 fully saturated rings. The fourth-order valence-electron chi connectivity index (χ4n) is 2.55. The number of thioether (sulfide) groups is 1. The van der Waals surface area contributed by atoms with Crippen LogP contribution in [0.15, 0.2) is 69.9 Å². The first kappa shape index (κ1) is 18.1. The van der Waals surface area contributed by atoms with Crippen molar-refractivity contribution in [1.29, 1.82) is 0 Å². The van der Waals surface area contributed by atoms with Gasteiger partial charge in [0.15, 0.2) is 0 Å². The van der Waals surface area contributed by atoms with Crippen LogP contribution in [-0.2, 0) is 4.79 Å². The third kappa shape index (κ3) is 4.18. The Kier molecular flexibility index (Phi) is 5.47. The number of rotatable bonds is 5. The van der Waals surface area contributed by atoms with Gasteiger partial charge in [-0.2, -0.15) is 0 Å². The van der Waals surface area contributed by atoms with Gasteiger partial charge in [-0.1, -0.05) is 45.9 Å². The minimum atomic E-state index is -0.120. The lowest BCUT2D eigenvalue weighted by molar-refractivity contribution is -0.113. The first-order valence-electron chi connectivity index (χ1n) is 8.02. The first-order chi connectivity index (χ1) is 13.2. The van der Waals surface area contributed by atoms with Gasteiger partial charge in [0.05, 0.1) is 11.1 Å². The van der Waals surface area contributed by atoms with Gasteiger partial charge < -0.3 is 5.32 Å². The number of carbonyl (C=O) groups excluding carboxylic acids is 1. The smallest absolute Gasteiger partial charge is 0.235 e. The summed E-state index contributed by atoms with van der Waals surface area (Å²) in [6.45, 7) is 0. The predicted molar refractivity (Wildman–Crippen MR) is 114 cm³/mol. The zero-order valence-corrected chi connectivity index (χ0v) is 17.1. The molecular weight excluding hydrogens is 444 g/mol. The summed E-state index contributed by atoms with van der Waals surface area (Å²) in [6, 6.07) is 13.5. The van der Waals surface area contributed by atoms with Gasteiger partial charge in [0.1, 0.15) is 22.0 Å². The van der Waals surface area contributed by atoms with E-state index < -0.39 is 0 Å². The number of thiophene rings is 1. The van der Waals surface area contributed by atoms with Crippen LogP contribution in [0.3, 0.4) is 0 Å². The van der Waals surface area contributed by atoms with Crippen LogP contribution < -0.4 is 5.32 Å². The number of anilines is 1. The minimum Gasteiger partial charge on any atom is -0.310 e. The molecule has 0 aliphatic rings. The maximum absolute atomic E-state index is 12.2. The van der Waals surface area contributed by atoms with E-state index in [9.17, 15) is 4.79 Å². The monoisotopic (exact) mass is 456 g/mol. The zero-order chi connectivity index (χ0) is 18.6. The minimum absolute atomic E-state index is 0.120. The van der Waals surface area contributed by atoms with Crippen LogP contribution in [0.4, 0.5) is 5.82 Å². The maximum atomic E-state index is 12.2. The number of benzene rings is 1. The fourth-order valence-corrected chi connectivity index (χ4v) is 4.61. The molecule has 27 heavy (non-hydrogen) atoms. The normalized spacial score (nSPS) is 10.9. The Morgan fingerprint density at radius 1 is 1.11 bits per heavy atom. The van der Waals surface area contributed by atoms with Gasteiger partial charge in [-0.25, -0.2) is 15.0 Å². The summed E-state index contributed by atoms with van der Waals surface area (Å²) in [6.07, 6.45) is 3.19. The van der Waals surface area contributed by atoms with Crippen LogP contribution in [0.5, 0.6) is 0 Å². The molecule has 0 atom stereocenters. The van der Waals surface area contributed by atoms with Crippen LogP contribution in [0.2, 0.25) is 0 Å². The highest BCUT2D eigenvalue weighted by Gasteiger charge is 2.15. The number of halogens is 1. The molecule has 5 nitrogen and oxygen atoms in total. The molecule has 8 heteroatoms. The Morgan fingerprint density at radius 3 is 2.74 bits per heavy atom. The summed E-state index contributed by atoms with van der Waals surface area (Å²) in [4.78, 5) is 26.0. The third-order valence-electron chi connectivity index (χ3n) is 3.76. The van der Waals surface area contributed by atoms with E-state index in [1.165, 1.54) is 11.8 Å². The number of nitrogens with one attached hydrogen (secondary N) is 1. The highest BCUT2D eigenvalue weighted by Crippen LogP contribution is 2.38. The molecule has 3 heterocycles. The van der Waals surface area contributed by atoms with Crippen molar-refractivity contribution in [3.63, 3.8) is 0 Å². The second-order valence-electron chi connectivity index (χ2n) is 5.57. The van der Waals surface area contributed by atoms with Crippen molar-refractivity contribution < 1.29 is 4.79 Å². The molecule has 0 saturated heterocycles. The van der Waals surface area contributed by atoms with Gasteiger partial charge in [-0.3, -0.25) is 4.79 Å². The number of aromatic nitrogens is 3. The lowest BCUT2D eigenvalue weighted by Crippen LogP contribution is -2.14. The molecule has 3 aromatic heterocycles. The molecule has 1 amide bonds. The Labute approximate surface area is 172 Å². The number of hydrogen-bond donors (Lipinski definition) is 1. The summed E-state index contributed by atoms with van der Waals surface area (Å²) >= 11 is 6.44. The number of pyridine rings is 1. The Hall–Kier alpha value is -2.29. The van der Waals surface area contributed by atoms with E-state index in [-0.39, 0.29) is 11.7 Å². The van der Waals surface area contributed by atoms with Crippen molar-refractivity contribution in [2.75, 3.05) is 11.1 Å². The topological polar surface area (TPSA) is 67.8 Å². The lowest BCUT2D eigenvalue weighted by atomic mass is 10.1. The third-order valence-corrected chi connectivity index (χ3v) is 6.17. The second-order valence-corrected chi connectivity index (χ2v) is 8.30. The van der Waals surface area contributed by atoms with E-state index in [2.05, 4.69) is 53.7 Å². The second kappa shape index (κ2) is 8.16. The number of carbonyl (C=O) groups is 1. The van der Waals surface area contributed by atoms with Crippen molar-refractivity contribution >= 4 is 61.0 Å². The standard InChI is InChI=1S/C19H13BrN4OS2/c20-13-6-4-12(5-7-13)14-9-26-18-17(14)19(23-11-22-18)27-10-16(25)24-15-3-1-2-8-21-15/h1-9,11H,10H2,(H,21,24,25). The number of hydrogen-bond acceptors (Lipinski definition) is 6.